The first-order valence-electron chi connectivity index (χ1n) is 23.7. The minimum Gasteiger partial charge on any atom is -0.0843 e. The molecule has 0 aromatic heterocycles. The van der Waals surface area contributed by atoms with Crippen LogP contribution < -0.4 is 0 Å². The van der Waals surface area contributed by atoms with E-state index in [1.807, 2.05) is 56.3 Å². The van der Waals surface area contributed by atoms with Crippen molar-refractivity contribution in [2.24, 2.45) is 0 Å². The summed E-state index contributed by atoms with van der Waals surface area (Å²) < 4.78 is 2.61. The van der Waals surface area contributed by atoms with Crippen molar-refractivity contribution < 1.29 is 0 Å². The zero-order valence-corrected chi connectivity index (χ0v) is 49.8. The summed E-state index contributed by atoms with van der Waals surface area (Å²) in [5, 5.41) is 2.66. The number of rotatable bonds is 3. The number of hydrogen-bond donors (Lipinski definition) is 0. The Labute approximate surface area is 483 Å². The van der Waals surface area contributed by atoms with E-state index in [9.17, 15) is 0 Å². The maximum atomic E-state index is 5.75. The average molecular weight is 1260 g/mol. The maximum absolute atomic E-state index is 5.75. The number of halogens is 6. The first-order valence-corrected chi connectivity index (χ1v) is 27.4. The molecule has 0 amide bonds. The van der Waals surface area contributed by atoms with Crippen molar-refractivity contribution in [3.63, 3.8) is 0 Å². The van der Waals surface area contributed by atoms with Crippen LogP contribution in [0.1, 0.15) is 38.9 Å². The number of aryl methyl sites for hydroxylation is 7. The molecule has 0 saturated carbocycles. The van der Waals surface area contributed by atoms with Gasteiger partial charge in [-0.15, -0.1) is 0 Å². The molecule has 0 heterocycles. The van der Waals surface area contributed by atoms with Crippen LogP contribution in [-0.2, 0) is 0 Å². The van der Waals surface area contributed by atoms with Gasteiger partial charge in [0, 0.05) is 17.2 Å². The minimum atomic E-state index is 0.622. The summed E-state index contributed by atoms with van der Waals surface area (Å²) in [5.74, 6) is 0. The van der Waals surface area contributed by atoms with Crippen LogP contribution in [0.2, 0.25) is 20.1 Å². The van der Waals surface area contributed by atoms with Gasteiger partial charge in [0.15, 0.2) is 0 Å². The predicted molar refractivity (Wildman–Crippen MR) is 340 cm³/mol. The molecule has 10 rings (SSSR count). The Hall–Kier alpha value is -5.18. The van der Waals surface area contributed by atoms with Crippen molar-refractivity contribution >= 4 is 91.6 Å². The summed E-state index contributed by atoms with van der Waals surface area (Å²) in [7, 11) is 0. The Kier molecular flexibility index (Phi) is 27.8. The second-order valence-corrected chi connectivity index (χ2v) is 21.2. The Morgan fingerprint density at radius 2 is 0.671 bits per heavy atom. The van der Waals surface area contributed by atoms with E-state index in [4.69, 9.17) is 46.4 Å². The van der Waals surface area contributed by atoms with Gasteiger partial charge in [0.1, 0.15) is 0 Å². The Morgan fingerprint density at radius 3 is 1.11 bits per heavy atom. The lowest BCUT2D eigenvalue weighted by molar-refractivity contribution is 1.45. The average Bonchev–Trinajstić information content (AvgIpc) is 3.38. The van der Waals surface area contributed by atoms with Crippen LogP contribution in [0.25, 0.3) is 33.4 Å². The van der Waals surface area contributed by atoms with Crippen LogP contribution in [-0.4, -0.2) is 0 Å². The summed E-state index contributed by atoms with van der Waals surface area (Å²) >= 11 is 27.4. The van der Waals surface area contributed by atoms with Crippen LogP contribution in [0.4, 0.5) is 0 Å². The molecule has 0 saturated heterocycles. The topological polar surface area (TPSA) is 0 Å². The first-order chi connectivity index (χ1) is 35.1. The highest BCUT2D eigenvalue weighted by Crippen LogP contribution is 2.25. The standard InChI is InChI=1S/3C13H12.2C7H6Cl2.2C7H7I/c1-11-7-5-6-10-13(11)12-8-3-2-4-9-12;1-11-6-5-9-13(10-11)12-7-3-2-4-8-12;1-11-7-9-13(10-8-11)12-5-3-2-4-6-12;1-5-2-6(8)4-7(9)3-5;1-5-3-2-4-6(8)7(5)9;1-6-2-4-7(8)5-3-6;1-6-3-2-4-7(8)5-6/h3*2-10H,1H3;2*2-4H,1H3;2*2-5H,1H3. The third-order valence-electron chi connectivity index (χ3n) is 10.7. The number of benzene rings is 10. The summed E-state index contributed by atoms with van der Waals surface area (Å²) in [5.41, 5.74) is 16.5. The fourth-order valence-electron chi connectivity index (χ4n) is 6.79. The molecule has 0 atom stereocenters. The van der Waals surface area contributed by atoms with Gasteiger partial charge in [-0.2, -0.15) is 0 Å². The van der Waals surface area contributed by atoms with Crippen LogP contribution in [0.3, 0.4) is 0 Å². The van der Waals surface area contributed by atoms with Crippen LogP contribution in [0.15, 0.2) is 249 Å². The monoisotopic (exact) mass is 1260 g/mol. The number of hydrogen-bond acceptors (Lipinski definition) is 0. The fourth-order valence-corrected chi connectivity index (χ4v) is 8.83. The van der Waals surface area contributed by atoms with E-state index >= 15 is 0 Å². The zero-order valence-electron chi connectivity index (χ0n) is 42.4. The maximum Gasteiger partial charge on any atom is 0.0621 e. The van der Waals surface area contributed by atoms with Crippen LogP contribution in [0, 0.1) is 55.6 Å². The fraction of sp³-hybridized carbons (Fsp3) is 0.104. The molecular weight excluding hydrogens is 1200 g/mol. The van der Waals surface area contributed by atoms with E-state index in [2.05, 4.69) is 274 Å². The van der Waals surface area contributed by atoms with E-state index < -0.39 is 0 Å². The van der Waals surface area contributed by atoms with Gasteiger partial charge in [-0.05, 0) is 192 Å². The van der Waals surface area contributed by atoms with Crippen molar-refractivity contribution in [2.45, 2.75) is 48.5 Å². The molecule has 10 aromatic rings. The highest BCUT2D eigenvalue weighted by Gasteiger charge is 2.00. The van der Waals surface area contributed by atoms with Crippen molar-refractivity contribution in [1.29, 1.82) is 0 Å². The van der Waals surface area contributed by atoms with E-state index in [1.165, 1.54) is 68.3 Å². The molecule has 0 aliphatic heterocycles. The molecule has 0 bridgehead atoms. The summed E-state index contributed by atoms with van der Waals surface area (Å²) in [6, 6.07) is 84.8. The van der Waals surface area contributed by atoms with Gasteiger partial charge in [-0.1, -0.05) is 269 Å². The van der Waals surface area contributed by atoms with Crippen molar-refractivity contribution in [3.8, 4) is 33.4 Å². The normalized spacial score (nSPS) is 9.71. The molecule has 73 heavy (non-hydrogen) atoms. The summed E-state index contributed by atoms with van der Waals surface area (Å²) in [4.78, 5) is 0. The van der Waals surface area contributed by atoms with Gasteiger partial charge in [0.2, 0.25) is 0 Å². The highest BCUT2D eigenvalue weighted by molar-refractivity contribution is 14.1. The lowest BCUT2D eigenvalue weighted by Crippen LogP contribution is -1.80. The molecular formula is C67H62Cl4I2. The molecule has 0 unspecified atom stereocenters. The Morgan fingerprint density at radius 1 is 0.260 bits per heavy atom. The van der Waals surface area contributed by atoms with Crippen molar-refractivity contribution in [1.82, 2.24) is 0 Å². The van der Waals surface area contributed by atoms with Crippen LogP contribution in [0.5, 0.6) is 0 Å². The molecule has 0 aliphatic rings. The molecule has 6 heteroatoms. The predicted octanol–water partition coefficient (Wildman–Crippen LogP) is 22.8. The van der Waals surface area contributed by atoms with Crippen molar-refractivity contribution in [3.05, 3.63) is 315 Å². The van der Waals surface area contributed by atoms with Gasteiger partial charge in [-0.3, -0.25) is 0 Å². The van der Waals surface area contributed by atoms with E-state index in [0.717, 1.165) is 11.1 Å². The molecule has 0 spiro atoms. The van der Waals surface area contributed by atoms with Gasteiger partial charge in [0.25, 0.3) is 0 Å². The Balaban J connectivity index is 0.000000187. The Bertz CT molecular complexity index is 3010. The third kappa shape index (κ3) is 24.2. The van der Waals surface area contributed by atoms with E-state index in [-0.39, 0.29) is 0 Å². The molecule has 0 aliphatic carbocycles. The minimum absolute atomic E-state index is 0.622. The quantitative estimate of drug-likeness (QED) is 0.155. The lowest BCUT2D eigenvalue weighted by atomic mass is 10.0. The van der Waals surface area contributed by atoms with E-state index in [0.29, 0.717) is 20.1 Å². The molecule has 0 nitrogen and oxygen atoms in total. The van der Waals surface area contributed by atoms with Crippen molar-refractivity contribution in [2.75, 3.05) is 0 Å². The van der Waals surface area contributed by atoms with Gasteiger partial charge < -0.3 is 0 Å². The van der Waals surface area contributed by atoms with Gasteiger partial charge in [-0.25, -0.2) is 0 Å². The zero-order chi connectivity index (χ0) is 53.0. The van der Waals surface area contributed by atoms with E-state index in [1.54, 1.807) is 12.1 Å². The smallest absolute Gasteiger partial charge is 0.0621 e. The largest absolute Gasteiger partial charge is 0.0843 e. The van der Waals surface area contributed by atoms with Gasteiger partial charge in [0.05, 0.1) is 10.0 Å². The second kappa shape index (κ2) is 33.6. The van der Waals surface area contributed by atoms with Crippen LogP contribution >= 0.6 is 91.6 Å². The first kappa shape index (κ1) is 60.4. The SMILES string of the molecule is Cc1cc(Cl)cc(Cl)c1.Cc1ccc(-c2ccccc2)cc1.Cc1ccc(I)cc1.Cc1cccc(-c2ccccc2)c1.Cc1cccc(Cl)c1Cl.Cc1cccc(I)c1.Cc1ccccc1-c1ccccc1. The third-order valence-corrected chi connectivity index (χ3v) is 13.4. The van der Waals surface area contributed by atoms with Gasteiger partial charge >= 0.3 is 0 Å². The summed E-state index contributed by atoms with van der Waals surface area (Å²) in [6.45, 7) is 14.4. The molecule has 10 aromatic carbocycles. The highest BCUT2D eigenvalue weighted by atomic mass is 127. The second-order valence-electron chi connectivity index (χ2n) is 17.1. The summed E-state index contributed by atoms with van der Waals surface area (Å²) in [6.07, 6.45) is 0. The molecule has 372 valence electrons. The molecule has 0 N–H and O–H groups in total. The molecule has 0 fully saturated rings. The lowest BCUT2D eigenvalue weighted by Gasteiger charge is -2.04. The molecule has 0 radical (unpaired) electrons.